The Morgan fingerprint density at radius 3 is 2.85 bits per heavy atom. The topological polar surface area (TPSA) is 55.1 Å². The number of anilines is 1. The molecule has 104 valence electrons. The third-order valence-corrected chi connectivity index (χ3v) is 3.54. The van der Waals surface area contributed by atoms with Crippen LogP contribution >= 0.6 is 0 Å². The Kier molecular flexibility index (Phi) is 3.50. The lowest BCUT2D eigenvalue weighted by molar-refractivity contribution is 0.101. The summed E-state index contributed by atoms with van der Waals surface area (Å²) in [6.07, 6.45) is 4.80. The second-order valence-electron chi connectivity index (χ2n) is 4.93. The van der Waals surface area contributed by atoms with Crippen LogP contribution in [-0.4, -0.2) is 11.1 Å². The van der Waals surface area contributed by atoms with E-state index in [0.29, 0.717) is 0 Å². The van der Waals surface area contributed by atoms with Crippen LogP contribution in [-0.2, 0) is 12.8 Å². The summed E-state index contributed by atoms with van der Waals surface area (Å²) in [6, 6.07) is 6.07. The van der Waals surface area contributed by atoms with Gasteiger partial charge in [0.05, 0.1) is 5.69 Å². The lowest BCUT2D eigenvalue weighted by Crippen LogP contribution is -2.15. The van der Waals surface area contributed by atoms with Gasteiger partial charge in [-0.1, -0.05) is 23.7 Å². The Balaban J connectivity index is 1.85. The first-order valence-corrected chi connectivity index (χ1v) is 6.79. The highest BCUT2D eigenvalue weighted by Gasteiger charge is 2.23. The molecule has 0 bridgehead atoms. The van der Waals surface area contributed by atoms with Crippen molar-refractivity contribution in [2.75, 3.05) is 5.32 Å². The van der Waals surface area contributed by atoms with E-state index in [-0.39, 0.29) is 11.4 Å². The number of carbonyl (C=O) groups excluding carboxylic acids is 1. The van der Waals surface area contributed by atoms with E-state index in [1.807, 2.05) is 0 Å². The predicted molar refractivity (Wildman–Crippen MR) is 72.1 cm³/mol. The largest absolute Gasteiger partial charge is 0.360 e. The van der Waals surface area contributed by atoms with Gasteiger partial charge in [-0.2, -0.15) is 0 Å². The van der Waals surface area contributed by atoms with Crippen LogP contribution in [0.25, 0.3) is 0 Å². The molecular weight excluding hydrogens is 259 g/mol. The summed E-state index contributed by atoms with van der Waals surface area (Å²) in [6.45, 7) is 0. The Morgan fingerprint density at radius 1 is 1.20 bits per heavy atom. The summed E-state index contributed by atoms with van der Waals surface area (Å²) in [7, 11) is 0. The molecule has 0 saturated carbocycles. The molecule has 0 aliphatic heterocycles. The molecule has 1 aromatic heterocycles. The van der Waals surface area contributed by atoms with E-state index in [9.17, 15) is 9.18 Å². The number of benzene rings is 1. The highest BCUT2D eigenvalue weighted by Crippen LogP contribution is 2.24. The van der Waals surface area contributed by atoms with Crippen molar-refractivity contribution in [2.45, 2.75) is 32.1 Å². The highest BCUT2D eigenvalue weighted by atomic mass is 19.1. The van der Waals surface area contributed by atoms with Crippen LogP contribution < -0.4 is 5.32 Å². The average Bonchev–Trinajstić information content (AvgIpc) is 2.71. The maximum atomic E-state index is 13.5. The Bertz CT molecular complexity index is 637. The number of hydrogen-bond donors (Lipinski definition) is 1. The SMILES string of the molecule is O=C(Nc1ccccc1F)c1noc2c1CCCCC2. The van der Waals surface area contributed by atoms with E-state index in [2.05, 4.69) is 10.5 Å². The number of halogens is 1. The van der Waals surface area contributed by atoms with Crippen LogP contribution in [0.4, 0.5) is 10.1 Å². The number of aryl methyl sites for hydroxylation is 1. The maximum Gasteiger partial charge on any atom is 0.278 e. The van der Waals surface area contributed by atoms with Crippen molar-refractivity contribution in [3.63, 3.8) is 0 Å². The summed E-state index contributed by atoms with van der Waals surface area (Å²) >= 11 is 0. The molecule has 0 atom stereocenters. The average molecular weight is 274 g/mol. The first-order valence-electron chi connectivity index (χ1n) is 6.79. The molecule has 5 heteroatoms. The molecule has 0 unspecified atom stereocenters. The van der Waals surface area contributed by atoms with Gasteiger partial charge in [0.1, 0.15) is 11.6 Å². The Hall–Kier alpha value is -2.17. The van der Waals surface area contributed by atoms with E-state index < -0.39 is 11.7 Å². The third-order valence-electron chi connectivity index (χ3n) is 3.54. The van der Waals surface area contributed by atoms with Crippen LogP contribution in [0.2, 0.25) is 0 Å². The van der Waals surface area contributed by atoms with E-state index in [4.69, 9.17) is 4.52 Å². The Morgan fingerprint density at radius 2 is 2.00 bits per heavy atom. The second-order valence-corrected chi connectivity index (χ2v) is 4.93. The van der Waals surface area contributed by atoms with Gasteiger partial charge in [-0.05, 0) is 31.4 Å². The molecule has 1 heterocycles. The second kappa shape index (κ2) is 5.45. The van der Waals surface area contributed by atoms with Crippen LogP contribution in [0, 0.1) is 5.82 Å². The number of fused-ring (bicyclic) bond motifs is 1. The quantitative estimate of drug-likeness (QED) is 0.854. The minimum absolute atomic E-state index is 0.155. The molecule has 1 N–H and O–H groups in total. The summed E-state index contributed by atoms with van der Waals surface area (Å²) in [5.41, 5.74) is 1.31. The van der Waals surface area contributed by atoms with Crippen molar-refractivity contribution in [3.8, 4) is 0 Å². The zero-order chi connectivity index (χ0) is 13.9. The predicted octanol–water partition coefficient (Wildman–Crippen LogP) is 3.33. The molecule has 2 aromatic rings. The first kappa shape index (κ1) is 12.8. The fourth-order valence-electron chi connectivity index (χ4n) is 2.48. The summed E-state index contributed by atoms with van der Waals surface area (Å²) < 4.78 is 18.8. The van der Waals surface area contributed by atoms with E-state index in [1.54, 1.807) is 12.1 Å². The standard InChI is InChI=1S/C15H15FN2O2/c16-11-7-4-5-8-12(11)17-15(19)14-10-6-2-1-3-9-13(10)20-18-14/h4-5,7-8H,1-3,6,9H2,(H,17,19). The lowest BCUT2D eigenvalue weighted by Gasteiger charge is -2.05. The van der Waals surface area contributed by atoms with Crippen molar-refractivity contribution in [1.82, 2.24) is 5.16 Å². The highest BCUT2D eigenvalue weighted by molar-refractivity contribution is 6.04. The number of carbonyl (C=O) groups is 1. The van der Waals surface area contributed by atoms with Crippen molar-refractivity contribution in [1.29, 1.82) is 0 Å². The molecule has 4 nitrogen and oxygen atoms in total. The molecule has 1 aromatic carbocycles. The normalized spacial score (nSPS) is 14.4. The van der Waals surface area contributed by atoms with E-state index in [1.165, 1.54) is 12.1 Å². The summed E-state index contributed by atoms with van der Waals surface area (Å²) in [4.78, 5) is 12.2. The smallest absolute Gasteiger partial charge is 0.278 e. The van der Waals surface area contributed by atoms with Crippen LogP contribution in [0.5, 0.6) is 0 Å². The van der Waals surface area contributed by atoms with Gasteiger partial charge < -0.3 is 9.84 Å². The van der Waals surface area contributed by atoms with Gasteiger partial charge in [-0.3, -0.25) is 4.79 Å². The minimum Gasteiger partial charge on any atom is -0.360 e. The van der Waals surface area contributed by atoms with Gasteiger partial charge in [-0.25, -0.2) is 4.39 Å². The van der Waals surface area contributed by atoms with Crippen molar-refractivity contribution in [3.05, 3.63) is 47.1 Å². The summed E-state index contributed by atoms with van der Waals surface area (Å²) in [5.74, 6) is -0.0846. The molecule has 0 saturated heterocycles. The minimum atomic E-state index is -0.463. The first-order chi connectivity index (χ1) is 9.75. The van der Waals surface area contributed by atoms with Gasteiger partial charge in [0.25, 0.3) is 5.91 Å². The number of para-hydroxylation sites is 1. The molecule has 0 spiro atoms. The van der Waals surface area contributed by atoms with Crippen molar-refractivity contribution in [2.24, 2.45) is 0 Å². The zero-order valence-electron chi connectivity index (χ0n) is 11.0. The molecule has 20 heavy (non-hydrogen) atoms. The monoisotopic (exact) mass is 274 g/mol. The lowest BCUT2D eigenvalue weighted by atomic mass is 10.1. The molecule has 1 amide bonds. The number of amides is 1. The third kappa shape index (κ3) is 2.43. The number of rotatable bonds is 2. The van der Waals surface area contributed by atoms with Gasteiger partial charge in [-0.15, -0.1) is 0 Å². The van der Waals surface area contributed by atoms with Crippen LogP contribution in [0.1, 0.15) is 41.1 Å². The van der Waals surface area contributed by atoms with Crippen molar-refractivity contribution >= 4 is 11.6 Å². The molecular formula is C15H15FN2O2. The number of hydrogen-bond acceptors (Lipinski definition) is 3. The van der Waals surface area contributed by atoms with Crippen LogP contribution in [0.15, 0.2) is 28.8 Å². The number of nitrogens with one attached hydrogen (secondary N) is 1. The molecule has 0 radical (unpaired) electrons. The van der Waals surface area contributed by atoms with Gasteiger partial charge in [0.2, 0.25) is 0 Å². The van der Waals surface area contributed by atoms with Gasteiger partial charge in [0, 0.05) is 12.0 Å². The maximum absolute atomic E-state index is 13.5. The number of aromatic nitrogens is 1. The number of nitrogens with zero attached hydrogens (tertiary/aromatic N) is 1. The van der Waals surface area contributed by atoms with E-state index in [0.717, 1.165) is 43.4 Å². The van der Waals surface area contributed by atoms with Gasteiger partial charge in [0.15, 0.2) is 5.69 Å². The zero-order valence-corrected chi connectivity index (χ0v) is 11.0. The van der Waals surface area contributed by atoms with Gasteiger partial charge >= 0.3 is 0 Å². The Labute approximate surface area is 116 Å². The van der Waals surface area contributed by atoms with Crippen LogP contribution in [0.3, 0.4) is 0 Å². The van der Waals surface area contributed by atoms with E-state index >= 15 is 0 Å². The fraction of sp³-hybridized carbons (Fsp3) is 0.333. The van der Waals surface area contributed by atoms with Crippen molar-refractivity contribution < 1.29 is 13.7 Å². The molecule has 1 aliphatic rings. The fourth-order valence-corrected chi connectivity index (χ4v) is 2.48. The molecule has 0 fully saturated rings. The molecule has 3 rings (SSSR count). The summed E-state index contributed by atoms with van der Waals surface area (Å²) in [5, 5.41) is 6.40. The molecule has 1 aliphatic carbocycles.